The van der Waals surface area contributed by atoms with Crippen molar-refractivity contribution in [3.05, 3.63) is 58.7 Å². The van der Waals surface area contributed by atoms with E-state index in [4.69, 9.17) is 4.74 Å². The van der Waals surface area contributed by atoms with Gasteiger partial charge in [-0.3, -0.25) is 0 Å². The van der Waals surface area contributed by atoms with E-state index in [0.717, 1.165) is 25.3 Å². The summed E-state index contributed by atoms with van der Waals surface area (Å²) in [4.78, 5) is 2.47. The zero-order chi connectivity index (χ0) is 14.1. The van der Waals surface area contributed by atoms with Gasteiger partial charge in [-0.2, -0.15) is 0 Å². The lowest BCUT2D eigenvalue weighted by atomic mass is 9.98. The topological polar surface area (TPSA) is 12.5 Å². The van der Waals surface area contributed by atoms with Crippen LogP contribution in [0.15, 0.2) is 36.4 Å². The Hall–Kier alpha value is -1.96. The first kappa shape index (κ1) is 13.0. The molecule has 0 saturated carbocycles. The van der Waals surface area contributed by atoms with Gasteiger partial charge in [0, 0.05) is 18.8 Å². The zero-order valence-corrected chi connectivity index (χ0v) is 12.4. The molecule has 0 N–H and O–H groups in total. The molecule has 0 aliphatic carbocycles. The molecule has 0 unspecified atom stereocenters. The Bertz CT molecular complexity index is 613. The van der Waals surface area contributed by atoms with E-state index in [-0.39, 0.29) is 0 Å². The van der Waals surface area contributed by atoms with Crippen molar-refractivity contribution in [1.82, 2.24) is 0 Å². The van der Waals surface area contributed by atoms with Crippen LogP contribution < -0.4 is 9.64 Å². The van der Waals surface area contributed by atoms with Crippen molar-refractivity contribution in [2.45, 2.75) is 26.8 Å². The third-order valence-corrected chi connectivity index (χ3v) is 4.00. The van der Waals surface area contributed by atoms with Gasteiger partial charge in [0.15, 0.2) is 0 Å². The number of hydrogen-bond acceptors (Lipinski definition) is 2. The lowest BCUT2D eigenvalue weighted by Gasteiger charge is -2.31. The summed E-state index contributed by atoms with van der Waals surface area (Å²) in [7, 11) is 1.73. The largest absolute Gasteiger partial charge is 0.497 e. The van der Waals surface area contributed by atoms with E-state index in [1.54, 1.807) is 7.11 Å². The van der Waals surface area contributed by atoms with Crippen LogP contribution in [0.4, 0.5) is 5.69 Å². The number of rotatable bonds is 2. The molecule has 20 heavy (non-hydrogen) atoms. The average molecular weight is 267 g/mol. The number of benzene rings is 2. The summed E-state index contributed by atoms with van der Waals surface area (Å²) in [5, 5.41) is 0. The Morgan fingerprint density at radius 3 is 2.40 bits per heavy atom. The molecule has 1 heterocycles. The van der Waals surface area contributed by atoms with Gasteiger partial charge >= 0.3 is 0 Å². The van der Waals surface area contributed by atoms with Crippen LogP contribution in [0.2, 0.25) is 0 Å². The van der Waals surface area contributed by atoms with Gasteiger partial charge in [0.05, 0.1) is 7.11 Å². The number of anilines is 1. The van der Waals surface area contributed by atoms with Crippen LogP contribution >= 0.6 is 0 Å². The van der Waals surface area contributed by atoms with Crippen LogP contribution in [-0.2, 0) is 13.0 Å². The van der Waals surface area contributed by atoms with E-state index in [1.165, 1.54) is 27.9 Å². The van der Waals surface area contributed by atoms with Gasteiger partial charge in [0.25, 0.3) is 0 Å². The van der Waals surface area contributed by atoms with E-state index in [0.29, 0.717) is 0 Å². The summed E-state index contributed by atoms with van der Waals surface area (Å²) in [5.41, 5.74) is 6.84. The van der Waals surface area contributed by atoms with Gasteiger partial charge in [-0.1, -0.05) is 12.1 Å². The first-order valence-corrected chi connectivity index (χ1v) is 7.15. The predicted octanol–water partition coefficient (Wildman–Crippen LogP) is 3.87. The maximum Gasteiger partial charge on any atom is 0.119 e. The summed E-state index contributed by atoms with van der Waals surface area (Å²) in [6, 6.07) is 13.2. The number of aryl methyl sites for hydroxylation is 2. The number of fused-ring (bicyclic) bond motifs is 1. The van der Waals surface area contributed by atoms with Gasteiger partial charge in [-0.25, -0.2) is 0 Å². The number of hydrogen-bond donors (Lipinski definition) is 0. The van der Waals surface area contributed by atoms with Gasteiger partial charge in [-0.05, 0) is 66.8 Å². The second-order valence-electron chi connectivity index (χ2n) is 5.65. The van der Waals surface area contributed by atoms with Crippen LogP contribution in [-0.4, -0.2) is 13.7 Å². The minimum atomic E-state index is 0.962. The molecule has 3 rings (SSSR count). The highest BCUT2D eigenvalue weighted by Gasteiger charge is 2.17. The Kier molecular flexibility index (Phi) is 3.39. The molecule has 2 aromatic rings. The van der Waals surface area contributed by atoms with Crippen molar-refractivity contribution in [3.63, 3.8) is 0 Å². The fourth-order valence-electron chi connectivity index (χ4n) is 3.01. The van der Waals surface area contributed by atoms with Crippen LogP contribution in [0.25, 0.3) is 0 Å². The van der Waals surface area contributed by atoms with Crippen molar-refractivity contribution in [2.75, 3.05) is 18.6 Å². The second kappa shape index (κ2) is 5.20. The molecule has 2 nitrogen and oxygen atoms in total. The van der Waals surface area contributed by atoms with E-state index >= 15 is 0 Å². The molecule has 2 aromatic carbocycles. The second-order valence-corrected chi connectivity index (χ2v) is 5.65. The summed E-state index contributed by atoms with van der Waals surface area (Å²) >= 11 is 0. The minimum absolute atomic E-state index is 0.962. The highest BCUT2D eigenvalue weighted by molar-refractivity contribution is 5.53. The molecule has 2 heteroatoms. The van der Waals surface area contributed by atoms with Crippen molar-refractivity contribution < 1.29 is 4.74 Å². The van der Waals surface area contributed by atoms with Crippen molar-refractivity contribution in [3.8, 4) is 5.75 Å². The number of ether oxygens (including phenoxy) is 1. The summed E-state index contributed by atoms with van der Waals surface area (Å²) in [5.74, 6) is 0.962. The predicted molar refractivity (Wildman–Crippen MR) is 83.7 cm³/mol. The van der Waals surface area contributed by atoms with Crippen LogP contribution in [0.5, 0.6) is 5.75 Å². The van der Waals surface area contributed by atoms with E-state index in [1.807, 2.05) is 0 Å². The molecule has 0 bridgehead atoms. The van der Waals surface area contributed by atoms with Gasteiger partial charge < -0.3 is 9.64 Å². The smallest absolute Gasteiger partial charge is 0.119 e. The molecular formula is C18H21NO. The highest BCUT2D eigenvalue weighted by Crippen LogP contribution is 2.28. The number of nitrogens with zero attached hydrogens (tertiary/aromatic N) is 1. The van der Waals surface area contributed by atoms with E-state index < -0.39 is 0 Å². The molecule has 0 atom stereocenters. The molecule has 0 spiro atoms. The first-order valence-electron chi connectivity index (χ1n) is 7.15. The Balaban J connectivity index is 1.88. The quantitative estimate of drug-likeness (QED) is 0.819. The summed E-state index contributed by atoms with van der Waals surface area (Å²) in [6.07, 6.45) is 1.08. The third-order valence-electron chi connectivity index (χ3n) is 4.00. The highest BCUT2D eigenvalue weighted by atomic mass is 16.5. The third kappa shape index (κ3) is 2.51. The molecule has 104 valence electrons. The van der Waals surface area contributed by atoms with Crippen LogP contribution in [0, 0.1) is 13.8 Å². The Morgan fingerprint density at radius 1 is 0.950 bits per heavy atom. The molecule has 1 aliphatic rings. The van der Waals surface area contributed by atoms with Gasteiger partial charge in [-0.15, -0.1) is 0 Å². The van der Waals surface area contributed by atoms with E-state index in [9.17, 15) is 0 Å². The summed E-state index contributed by atoms with van der Waals surface area (Å²) in [6.45, 7) is 6.39. The fraction of sp³-hybridized carbons (Fsp3) is 0.333. The van der Waals surface area contributed by atoms with Gasteiger partial charge in [0.2, 0.25) is 0 Å². The van der Waals surface area contributed by atoms with Crippen LogP contribution in [0.1, 0.15) is 22.3 Å². The van der Waals surface area contributed by atoms with Gasteiger partial charge in [0.1, 0.15) is 5.75 Å². The van der Waals surface area contributed by atoms with Crippen molar-refractivity contribution >= 4 is 5.69 Å². The van der Waals surface area contributed by atoms with Crippen LogP contribution in [0.3, 0.4) is 0 Å². The molecule has 0 fully saturated rings. The molecular weight excluding hydrogens is 246 g/mol. The number of methoxy groups -OCH3 is 1. The molecule has 0 saturated heterocycles. The zero-order valence-electron chi connectivity index (χ0n) is 12.4. The lowest BCUT2D eigenvalue weighted by molar-refractivity contribution is 0.414. The first-order chi connectivity index (χ1) is 9.65. The standard InChI is InChI=1S/C18H21NO/c1-13-8-14(2)10-17(9-13)19-7-6-15-11-18(20-3)5-4-16(15)12-19/h4-5,8-11H,6-7,12H2,1-3H3. The molecule has 0 aromatic heterocycles. The SMILES string of the molecule is COc1ccc2c(c1)CCN(c1cc(C)cc(C)c1)C2. The normalized spacial score (nSPS) is 14.1. The van der Waals surface area contributed by atoms with Crippen molar-refractivity contribution in [1.29, 1.82) is 0 Å². The Labute approximate surface area is 121 Å². The summed E-state index contributed by atoms with van der Waals surface area (Å²) < 4.78 is 5.31. The van der Waals surface area contributed by atoms with Crippen molar-refractivity contribution in [2.24, 2.45) is 0 Å². The molecule has 0 radical (unpaired) electrons. The fourth-order valence-corrected chi connectivity index (χ4v) is 3.01. The minimum Gasteiger partial charge on any atom is -0.497 e. The lowest BCUT2D eigenvalue weighted by Crippen LogP contribution is -2.30. The monoisotopic (exact) mass is 267 g/mol. The maximum atomic E-state index is 5.31. The maximum absolute atomic E-state index is 5.31. The Morgan fingerprint density at radius 2 is 1.70 bits per heavy atom. The average Bonchev–Trinajstić information content (AvgIpc) is 2.45. The van der Waals surface area contributed by atoms with E-state index in [2.05, 4.69) is 55.1 Å². The molecule has 1 aliphatic heterocycles. The molecule has 0 amide bonds.